The van der Waals surface area contributed by atoms with Crippen LogP contribution in [0.25, 0.3) is 0 Å². The topological polar surface area (TPSA) is 61.8 Å². The third-order valence-electron chi connectivity index (χ3n) is 8.91. The number of nitrogens with zero attached hydrogens (tertiary/aromatic N) is 1. The molecule has 0 aliphatic carbocycles. The quantitative estimate of drug-likeness (QED) is 0.336. The number of hydrogen-bond acceptors (Lipinski definition) is 4. The summed E-state index contributed by atoms with van der Waals surface area (Å²) in [5, 5.41) is 14.1. The lowest BCUT2D eigenvalue weighted by atomic mass is 9.68. The van der Waals surface area contributed by atoms with Gasteiger partial charge in [0.15, 0.2) is 0 Å². The first-order valence-electron chi connectivity index (χ1n) is 14.0. The molecule has 0 aromatic heterocycles. The molecule has 5 nitrogen and oxygen atoms in total. The number of carbonyl (C=O) groups is 1. The highest BCUT2D eigenvalue weighted by molar-refractivity contribution is 5.71. The van der Waals surface area contributed by atoms with Gasteiger partial charge in [0, 0.05) is 30.6 Å². The minimum absolute atomic E-state index is 0.142. The van der Waals surface area contributed by atoms with E-state index in [9.17, 15) is 9.90 Å². The lowest BCUT2D eigenvalue weighted by molar-refractivity contribution is -0.159. The molecule has 3 aliphatic rings. The Hall–Kier alpha value is -3.15. The van der Waals surface area contributed by atoms with E-state index < -0.39 is 11.9 Å². The van der Waals surface area contributed by atoms with Crippen molar-refractivity contribution in [2.24, 2.45) is 11.8 Å². The minimum Gasteiger partial charge on any atom is -0.496 e. The molecule has 2 bridgehead atoms. The van der Waals surface area contributed by atoms with Crippen LogP contribution in [-0.2, 0) is 11.3 Å². The second-order valence-corrected chi connectivity index (χ2v) is 11.0. The molecule has 0 saturated carbocycles. The van der Waals surface area contributed by atoms with Crippen LogP contribution in [0.3, 0.4) is 0 Å². The largest absolute Gasteiger partial charge is 0.496 e. The molecule has 6 rings (SSSR count). The Bertz CT molecular complexity index is 1180. The molecule has 5 heteroatoms. The van der Waals surface area contributed by atoms with Gasteiger partial charge in [-0.25, -0.2) is 0 Å². The Balaban J connectivity index is 1.47. The van der Waals surface area contributed by atoms with Crippen LogP contribution in [0.2, 0.25) is 0 Å². The molecule has 6 unspecified atom stereocenters. The Kier molecular flexibility index (Phi) is 8.15. The number of methoxy groups -OCH3 is 1. The van der Waals surface area contributed by atoms with E-state index in [4.69, 9.17) is 4.74 Å². The summed E-state index contributed by atoms with van der Waals surface area (Å²) < 4.78 is 5.69. The first kappa shape index (κ1) is 26.5. The highest BCUT2D eigenvalue weighted by Gasteiger charge is 2.52. The number of ether oxygens (including phenoxy) is 1. The number of carboxylic acids is 1. The molecule has 0 radical (unpaired) electrons. The second kappa shape index (κ2) is 11.7. The van der Waals surface area contributed by atoms with Crippen molar-refractivity contribution in [2.75, 3.05) is 13.7 Å². The summed E-state index contributed by atoms with van der Waals surface area (Å²) in [5.74, 6) is 0.492. The van der Waals surface area contributed by atoms with Crippen molar-refractivity contribution < 1.29 is 14.6 Å². The van der Waals surface area contributed by atoms with Crippen LogP contribution in [0.1, 0.15) is 67.2 Å². The van der Waals surface area contributed by atoms with Crippen molar-refractivity contribution in [1.82, 2.24) is 10.2 Å². The van der Waals surface area contributed by atoms with E-state index in [0.717, 1.165) is 37.1 Å². The number of carboxylic acid groups (broad SMARTS) is 1. The maximum absolute atomic E-state index is 12.6. The van der Waals surface area contributed by atoms with Crippen molar-refractivity contribution in [3.8, 4) is 5.75 Å². The van der Waals surface area contributed by atoms with Gasteiger partial charge < -0.3 is 9.84 Å². The Morgan fingerprint density at radius 1 is 1.03 bits per heavy atom. The van der Waals surface area contributed by atoms with E-state index in [1.807, 2.05) is 6.07 Å². The predicted molar refractivity (Wildman–Crippen MR) is 151 cm³/mol. The Morgan fingerprint density at radius 3 is 2.26 bits per heavy atom. The van der Waals surface area contributed by atoms with E-state index in [1.54, 1.807) is 7.11 Å². The summed E-state index contributed by atoms with van der Waals surface area (Å²) in [6, 6.07) is 28.0. The van der Waals surface area contributed by atoms with Gasteiger partial charge in [0.2, 0.25) is 0 Å². The number of fused-ring (bicyclic) bond motifs is 3. The van der Waals surface area contributed by atoms with Gasteiger partial charge in [-0.3, -0.25) is 15.0 Å². The van der Waals surface area contributed by atoms with Crippen molar-refractivity contribution in [3.05, 3.63) is 101 Å². The highest BCUT2D eigenvalue weighted by atomic mass is 16.5. The van der Waals surface area contributed by atoms with Crippen molar-refractivity contribution >= 4 is 5.97 Å². The third kappa shape index (κ3) is 5.23. The van der Waals surface area contributed by atoms with E-state index in [0.29, 0.717) is 12.5 Å². The summed E-state index contributed by atoms with van der Waals surface area (Å²) in [6.45, 7) is 5.91. The maximum Gasteiger partial charge on any atom is 0.309 e. The number of nitrogens with one attached hydrogen (secondary N) is 1. The normalized spacial score (nSPS) is 25.3. The first-order valence-corrected chi connectivity index (χ1v) is 14.0. The van der Waals surface area contributed by atoms with Gasteiger partial charge in [0.05, 0.1) is 19.2 Å². The zero-order valence-corrected chi connectivity index (χ0v) is 22.7. The minimum atomic E-state index is -0.702. The van der Waals surface area contributed by atoms with Crippen LogP contribution in [-0.4, -0.2) is 41.8 Å². The van der Waals surface area contributed by atoms with Crippen LogP contribution in [0.4, 0.5) is 0 Å². The molecule has 2 N–H and O–H groups in total. The van der Waals surface area contributed by atoms with Crippen LogP contribution >= 0.6 is 0 Å². The Morgan fingerprint density at radius 2 is 1.68 bits per heavy atom. The number of hydrogen-bond donors (Lipinski definition) is 2. The van der Waals surface area contributed by atoms with Gasteiger partial charge in [-0.2, -0.15) is 0 Å². The molecular formula is C33H40N2O3. The lowest BCUT2D eigenvalue weighted by Crippen LogP contribution is -2.67. The van der Waals surface area contributed by atoms with E-state index in [2.05, 4.69) is 96.9 Å². The van der Waals surface area contributed by atoms with Gasteiger partial charge in [0.25, 0.3) is 0 Å². The van der Waals surface area contributed by atoms with Gasteiger partial charge in [0.1, 0.15) is 5.75 Å². The molecule has 3 aromatic carbocycles. The number of rotatable bonds is 10. The molecule has 6 atom stereocenters. The Labute approximate surface area is 226 Å². The second-order valence-electron chi connectivity index (χ2n) is 11.0. The van der Waals surface area contributed by atoms with Crippen LogP contribution < -0.4 is 10.1 Å². The van der Waals surface area contributed by atoms with Crippen molar-refractivity contribution in [2.45, 2.75) is 63.7 Å². The molecule has 3 saturated heterocycles. The van der Waals surface area contributed by atoms with Gasteiger partial charge in [-0.05, 0) is 53.9 Å². The molecule has 38 heavy (non-hydrogen) atoms. The molecule has 3 aromatic rings. The van der Waals surface area contributed by atoms with Crippen molar-refractivity contribution in [1.29, 1.82) is 0 Å². The van der Waals surface area contributed by atoms with E-state index in [-0.39, 0.29) is 24.0 Å². The summed E-state index contributed by atoms with van der Waals surface area (Å²) in [4.78, 5) is 15.0. The molecule has 0 amide bonds. The van der Waals surface area contributed by atoms with Gasteiger partial charge in [-0.1, -0.05) is 86.6 Å². The highest BCUT2D eigenvalue weighted by Crippen LogP contribution is 2.46. The number of aliphatic carboxylic acids is 1. The monoisotopic (exact) mass is 512 g/mol. The summed E-state index contributed by atoms with van der Waals surface area (Å²) in [7, 11) is 1.70. The smallest absolute Gasteiger partial charge is 0.309 e. The maximum atomic E-state index is 12.6. The molecule has 0 spiro atoms. The lowest BCUT2D eigenvalue weighted by Gasteiger charge is -2.56. The van der Waals surface area contributed by atoms with Gasteiger partial charge >= 0.3 is 5.97 Å². The van der Waals surface area contributed by atoms with Crippen molar-refractivity contribution in [3.63, 3.8) is 0 Å². The molecule has 200 valence electrons. The standard InChI is InChI=1S/C33H40N2O3/c1-4-22(2)25-15-16-29(38-3)27(19-25)21-34-32-31(33(36)37)26-17-18-35(32)28(20-26)30(23-11-7-5-8-12-23)24-13-9-6-10-14-24/h5-16,19,22,26,28,30-32,34H,4,17-18,20-21H2,1-3H3,(H,36,37). The third-order valence-corrected chi connectivity index (χ3v) is 8.91. The fourth-order valence-corrected chi connectivity index (χ4v) is 6.74. The van der Waals surface area contributed by atoms with Crippen LogP contribution in [0.5, 0.6) is 5.75 Å². The summed E-state index contributed by atoms with van der Waals surface area (Å²) >= 11 is 0. The van der Waals surface area contributed by atoms with Gasteiger partial charge in [-0.15, -0.1) is 0 Å². The summed E-state index contributed by atoms with van der Waals surface area (Å²) in [6.07, 6.45) is 2.64. The SMILES string of the molecule is CCC(C)c1ccc(OC)c(CNC2C(C(=O)O)C3CCN2C(C(c2ccccc2)c2ccccc2)C3)c1. The fraction of sp³-hybridized carbons (Fsp3) is 0.424. The zero-order valence-electron chi connectivity index (χ0n) is 22.7. The average Bonchev–Trinajstić information content (AvgIpc) is 2.96. The first-order chi connectivity index (χ1) is 18.5. The van der Waals surface area contributed by atoms with E-state index >= 15 is 0 Å². The fourth-order valence-electron chi connectivity index (χ4n) is 6.74. The number of piperidine rings is 3. The summed E-state index contributed by atoms with van der Waals surface area (Å²) in [5.41, 5.74) is 4.93. The molecular weight excluding hydrogens is 472 g/mol. The molecule has 3 fully saturated rings. The average molecular weight is 513 g/mol. The number of benzene rings is 3. The predicted octanol–water partition coefficient (Wildman–Crippen LogP) is 6.25. The van der Waals surface area contributed by atoms with E-state index in [1.165, 1.54) is 16.7 Å². The molecule has 3 heterocycles. The van der Waals surface area contributed by atoms with Crippen LogP contribution in [0, 0.1) is 11.8 Å². The zero-order chi connectivity index (χ0) is 26.6. The molecule has 3 aliphatic heterocycles. The van der Waals surface area contributed by atoms with Crippen LogP contribution in [0.15, 0.2) is 78.9 Å².